The van der Waals surface area contributed by atoms with Gasteiger partial charge < -0.3 is 9.84 Å². The molecule has 3 aliphatic rings. The Hall–Kier alpha value is -1.02. The molecule has 0 aromatic rings. The molecule has 0 aromatic heterocycles. The van der Waals surface area contributed by atoms with Crippen LogP contribution in [-0.4, -0.2) is 34.2 Å². The highest BCUT2D eigenvalue weighted by Crippen LogP contribution is 2.69. The van der Waals surface area contributed by atoms with Gasteiger partial charge >= 0.3 is 0 Å². The molecule has 1 aliphatic heterocycles. The van der Waals surface area contributed by atoms with Crippen molar-refractivity contribution < 1.29 is 24.2 Å². The Kier molecular flexibility index (Phi) is 5.96. The van der Waals surface area contributed by atoms with Gasteiger partial charge in [0.25, 0.3) is 0 Å². The van der Waals surface area contributed by atoms with Crippen molar-refractivity contribution in [1.82, 2.24) is 0 Å². The lowest BCUT2D eigenvalue weighted by molar-refractivity contribution is -0.175. The standard InChI is InChI=1S/C25H35IO5/c1-13(2)9-10-15-11-24-12-16(23(7,8)30)31-20(24)17(26)19(28)25(21(24)29,22(15,5)6)18(27)14(3)4/h9,14-16,30H,10-12H2,1-8H3/t15-,16-,24-,25-/m0/s1. The lowest BCUT2D eigenvalue weighted by Crippen LogP contribution is -2.69. The van der Waals surface area contributed by atoms with Gasteiger partial charge in [-0.2, -0.15) is 0 Å². The van der Waals surface area contributed by atoms with Gasteiger partial charge in [0.1, 0.15) is 11.9 Å². The van der Waals surface area contributed by atoms with Crippen molar-refractivity contribution in [2.24, 2.45) is 28.1 Å². The highest BCUT2D eigenvalue weighted by atomic mass is 127. The maximum Gasteiger partial charge on any atom is 0.193 e. The van der Waals surface area contributed by atoms with Gasteiger partial charge in [0, 0.05) is 12.3 Å². The van der Waals surface area contributed by atoms with Crippen molar-refractivity contribution in [3.05, 3.63) is 21.0 Å². The van der Waals surface area contributed by atoms with E-state index in [2.05, 4.69) is 6.08 Å². The first-order chi connectivity index (χ1) is 14.0. The summed E-state index contributed by atoms with van der Waals surface area (Å²) in [6.45, 7) is 14.7. The van der Waals surface area contributed by atoms with Gasteiger partial charge in [0.05, 0.1) is 14.6 Å². The number of rotatable bonds is 5. The average Bonchev–Trinajstić information content (AvgIpc) is 3.03. The minimum absolute atomic E-state index is 0.0598. The molecule has 2 bridgehead atoms. The number of ketones is 3. The van der Waals surface area contributed by atoms with E-state index in [1.165, 1.54) is 0 Å². The monoisotopic (exact) mass is 542 g/mol. The third-order valence-electron chi connectivity index (χ3n) is 7.82. The molecule has 1 spiro atoms. The van der Waals surface area contributed by atoms with E-state index in [1.54, 1.807) is 27.7 Å². The molecule has 3 rings (SSSR count). The van der Waals surface area contributed by atoms with Crippen LogP contribution >= 0.6 is 22.6 Å². The van der Waals surface area contributed by atoms with Crippen LogP contribution in [0.2, 0.25) is 0 Å². The number of carbonyl (C=O) groups excluding carboxylic acids is 3. The van der Waals surface area contributed by atoms with E-state index in [1.807, 2.05) is 50.3 Å². The van der Waals surface area contributed by atoms with Gasteiger partial charge in [-0.25, -0.2) is 0 Å². The Morgan fingerprint density at radius 1 is 1.26 bits per heavy atom. The Labute approximate surface area is 199 Å². The summed E-state index contributed by atoms with van der Waals surface area (Å²) in [5.41, 5.74) is -3.62. The van der Waals surface area contributed by atoms with Gasteiger partial charge in [0.15, 0.2) is 22.8 Å². The number of aliphatic hydroxyl groups is 1. The third-order valence-corrected chi connectivity index (χ3v) is 8.80. The number of ether oxygens (including phenoxy) is 1. The van der Waals surface area contributed by atoms with Crippen LogP contribution < -0.4 is 0 Å². The molecule has 1 saturated carbocycles. The molecule has 1 heterocycles. The minimum Gasteiger partial charge on any atom is -0.489 e. The number of fused-ring (bicyclic) bond motifs is 1. The molecule has 0 unspecified atom stereocenters. The Morgan fingerprint density at radius 3 is 2.32 bits per heavy atom. The first kappa shape index (κ1) is 24.6. The second kappa shape index (κ2) is 7.51. The number of allylic oxidation sites excluding steroid dienone is 4. The Morgan fingerprint density at radius 2 is 1.84 bits per heavy atom. The SMILES string of the molecule is CC(C)=CC[C@H]1C[C@]23C[C@@H](C(C)(C)O)OC2=C(I)C(=O)[C@@](C(=O)C(C)C)(C3=O)C1(C)C. The van der Waals surface area contributed by atoms with Gasteiger partial charge in [-0.3, -0.25) is 14.4 Å². The van der Waals surface area contributed by atoms with Gasteiger partial charge in [-0.15, -0.1) is 0 Å². The number of Topliss-reactive ketones (excluding diaryl/α,β-unsaturated/α-hetero) is 3. The van der Waals surface area contributed by atoms with E-state index in [-0.39, 0.29) is 17.5 Å². The van der Waals surface area contributed by atoms with Crippen LogP contribution in [0.5, 0.6) is 0 Å². The van der Waals surface area contributed by atoms with Crippen LogP contribution in [0.25, 0.3) is 0 Å². The predicted octanol–water partition coefficient (Wildman–Crippen LogP) is 4.94. The molecule has 4 atom stereocenters. The van der Waals surface area contributed by atoms with E-state index < -0.39 is 39.7 Å². The van der Waals surface area contributed by atoms with Crippen molar-refractivity contribution in [3.63, 3.8) is 0 Å². The molecule has 2 aliphatic carbocycles. The van der Waals surface area contributed by atoms with Crippen molar-refractivity contribution in [1.29, 1.82) is 0 Å². The molecule has 1 N–H and O–H groups in total. The van der Waals surface area contributed by atoms with Crippen LogP contribution in [0, 0.1) is 28.1 Å². The Bertz CT molecular complexity index is 899. The predicted molar refractivity (Wildman–Crippen MR) is 127 cm³/mol. The van der Waals surface area contributed by atoms with Crippen LogP contribution in [0.3, 0.4) is 0 Å². The summed E-state index contributed by atoms with van der Waals surface area (Å²) in [7, 11) is 0. The highest BCUT2D eigenvalue weighted by Gasteiger charge is 2.77. The number of carbonyl (C=O) groups is 3. The zero-order chi connectivity index (χ0) is 23.7. The zero-order valence-corrected chi connectivity index (χ0v) is 22.0. The summed E-state index contributed by atoms with van der Waals surface area (Å²) >= 11 is 1.96. The summed E-state index contributed by atoms with van der Waals surface area (Å²) < 4.78 is 6.48. The fraction of sp³-hybridized carbons (Fsp3) is 0.720. The van der Waals surface area contributed by atoms with Crippen LogP contribution in [0.1, 0.15) is 74.7 Å². The lowest BCUT2D eigenvalue weighted by Gasteiger charge is -2.58. The molecule has 1 saturated heterocycles. The molecule has 6 heteroatoms. The van der Waals surface area contributed by atoms with E-state index in [4.69, 9.17) is 4.74 Å². The zero-order valence-electron chi connectivity index (χ0n) is 19.9. The maximum atomic E-state index is 14.4. The average molecular weight is 542 g/mol. The van der Waals surface area contributed by atoms with Crippen molar-refractivity contribution >= 4 is 39.9 Å². The number of hydrogen-bond donors (Lipinski definition) is 1. The molecule has 0 radical (unpaired) electrons. The highest BCUT2D eigenvalue weighted by molar-refractivity contribution is 14.1. The molecule has 172 valence electrons. The largest absolute Gasteiger partial charge is 0.489 e. The van der Waals surface area contributed by atoms with Crippen molar-refractivity contribution in [3.8, 4) is 0 Å². The molecular formula is C25H35IO5. The molecule has 31 heavy (non-hydrogen) atoms. The first-order valence-electron chi connectivity index (χ1n) is 11.1. The van der Waals surface area contributed by atoms with Gasteiger partial charge in [-0.05, 0) is 74.5 Å². The number of hydrogen-bond acceptors (Lipinski definition) is 5. The maximum absolute atomic E-state index is 14.4. The summed E-state index contributed by atoms with van der Waals surface area (Å²) in [5.74, 6) is -1.18. The molecular weight excluding hydrogens is 507 g/mol. The summed E-state index contributed by atoms with van der Waals surface area (Å²) in [5, 5.41) is 10.7. The smallest absolute Gasteiger partial charge is 0.193 e. The summed E-state index contributed by atoms with van der Waals surface area (Å²) in [6, 6.07) is 0. The summed E-state index contributed by atoms with van der Waals surface area (Å²) in [6.07, 6.45) is 3.00. The number of halogens is 1. The van der Waals surface area contributed by atoms with Crippen molar-refractivity contribution in [2.75, 3.05) is 0 Å². The molecule has 0 amide bonds. The third kappa shape index (κ3) is 3.22. The van der Waals surface area contributed by atoms with E-state index >= 15 is 0 Å². The van der Waals surface area contributed by atoms with Crippen LogP contribution in [0.4, 0.5) is 0 Å². The van der Waals surface area contributed by atoms with Crippen molar-refractivity contribution in [2.45, 2.75) is 86.4 Å². The normalized spacial score (nSPS) is 34.5. The quantitative estimate of drug-likeness (QED) is 0.302. The van der Waals surface area contributed by atoms with E-state index in [0.717, 1.165) is 5.57 Å². The second-order valence-corrected chi connectivity index (χ2v) is 12.3. The fourth-order valence-electron chi connectivity index (χ4n) is 5.85. The van der Waals surface area contributed by atoms with Gasteiger partial charge in [0.2, 0.25) is 0 Å². The first-order valence-corrected chi connectivity index (χ1v) is 12.2. The lowest BCUT2D eigenvalue weighted by atomic mass is 9.40. The molecule has 5 nitrogen and oxygen atoms in total. The minimum atomic E-state index is -1.72. The Balaban J connectivity index is 2.33. The van der Waals surface area contributed by atoms with Crippen LogP contribution in [-0.2, 0) is 19.1 Å². The summed E-state index contributed by atoms with van der Waals surface area (Å²) in [4.78, 5) is 42.1. The second-order valence-electron chi connectivity index (χ2n) is 11.3. The van der Waals surface area contributed by atoms with E-state index in [9.17, 15) is 19.5 Å². The van der Waals surface area contributed by atoms with Crippen LogP contribution in [0.15, 0.2) is 21.0 Å². The van der Waals surface area contributed by atoms with Gasteiger partial charge in [-0.1, -0.05) is 39.3 Å². The molecule has 0 aromatic carbocycles. The molecule has 2 fully saturated rings. The topological polar surface area (TPSA) is 80.7 Å². The van der Waals surface area contributed by atoms with E-state index in [0.29, 0.717) is 28.6 Å². The fourth-order valence-corrected chi connectivity index (χ4v) is 6.90.